The highest BCUT2D eigenvalue weighted by Crippen LogP contribution is 2.09. The molecule has 0 spiro atoms. The Bertz CT molecular complexity index is 507. The highest BCUT2D eigenvalue weighted by molar-refractivity contribution is 7.89. The quantitative estimate of drug-likeness (QED) is 0.675. The molecule has 4 N–H and O–H groups in total. The van der Waals surface area contributed by atoms with E-state index < -0.39 is 10.0 Å². The van der Waals surface area contributed by atoms with Gasteiger partial charge in [-0.2, -0.15) is 0 Å². The molecule has 0 heterocycles. The number of primary sulfonamides is 1. The first kappa shape index (κ1) is 16.1. The van der Waals surface area contributed by atoms with Gasteiger partial charge in [0.25, 0.3) is 0 Å². The molecule has 0 fully saturated rings. The van der Waals surface area contributed by atoms with Crippen molar-refractivity contribution in [3.05, 3.63) is 29.8 Å². The summed E-state index contributed by atoms with van der Waals surface area (Å²) in [6, 6.07) is 6.67. The summed E-state index contributed by atoms with van der Waals surface area (Å²) in [6.07, 6.45) is 0. The molecule has 19 heavy (non-hydrogen) atoms. The summed E-state index contributed by atoms with van der Waals surface area (Å²) in [5, 5.41) is 11.7. The summed E-state index contributed by atoms with van der Waals surface area (Å²) in [5.41, 5.74) is 1.01. The Morgan fingerprint density at radius 1 is 1.21 bits per heavy atom. The molecule has 0 unspecified atom stereocenters. The Morgan fingerprint density at radius 3 is 2.47 bits per heavy atom. The van der Waals surface area contributed by atoms with Gasteiger partial charge in [-0.15, -0.1) is 0 Å². The van der Waals surface area contributed by atoms with E-state index >= 15 is 0 Å². The van der Waals surface area contributed by atoms with Gasteiger partial charge >= 0.3 is 0 Å². The number of rotatable bonds is 6. The van der Waals surface area contributed by atoms with Crippen LogP contribution in [-0.4, -0.2) is 27.0 Å². The maximum Gasteiger partial charge on any atom is 0.238 e. The number of hydrogen-bond acceptors (Lipinski definition) is 4. The Morgan fingerprint density at radius 2 is 1.89 bits per heavy atom. The van der Waals surface area contributed by atoms with Gasteiger partial charge in [0.1, 0.15) is 0 Å². The van der Waals surface area contributed by atoms with E-state index in [9.17, 15) is 8.42 Å². The second kappa shape index (κ2) is 6.47. The average molecular weight is 285 g/mol. The highest BCUT2D eigenvalue weighted by Gasteiger charge is 2.08. The van der Waals surface area contributed by atoms with Gasteiger partial charge in [0.2, 0.25) is 10.0 Å². The van der Waals surface area contributed by atoms with E-state index in [1.807, 2.05) is 6.07 Å². The van der Waals surface area contributed by atoms with E-state index in [2.05, 4.69) is 31.4 Å². The molecular weight excluding hydrogens is 262 g/mol. The normalized spacial score (nSPS) is 12.6. The molecule has 0 saturated carbocycles. The predicted octanol–water partition coefficient (Wildman–Crippen LogP) is 0.812. The topological polar surface area (TPSA) is 84.2 Å². The van der Waals surface area contributed by atoms with Crippen LogP contribution < -0.4 is 15.8 Å². The lowest BCUT2D eigenvalue weighted by atomic mass is 10.1. The third kappa shape index (κ3) is 6.68. The van der Waals surface area contributed by atoms with Crippen LogP contribution in [0, 0.1) is 0 Å². The number of hydrogen-bond donors (Lipinski definition) is 3. The van der Waals surface area contributed by atoms with Crippen molar-refractivity contribution in [3.63, 3.8) is 0 Å². The molecule has 0 atom stereocenters. The van der Waals surface area contributed by atoms with Crippen LogP contribution in [0.25, 0.3) is 0 Å². The minimum Gasteiger partial charge on any atom is -0.311 e. The second-order valence-electron chi connectivity index (χ2n) is 5.55. The Hall–Kier alpha value is -0.950. The van der Waals surface area contributed by atoms with Gasteiger partial charge in [0.05, 0.1) is 4.90 Å². The molecule has 0 aliphatic rings. The van der Waals surface area contributed by atoms with Gasteiger partial charge in [-0.25, -0.2) is 13.6 Å². The molecular formula is C13H23N3O2S. The molecule has 0 aromatic heterocycles. The fraction of sp³-hybridized carbons (Fsp3) is 0.538. The third-order valence-corrected chi connectivity index (χ3v) is 3.42. The first-order chi connectivity index (χ1) is 8.68. The lowest BCUT2D eigenvalue weighted by Gasteiger charge is -2.20. The highest BCUT2D eigenvalue weighted by atomic mass is 32.2. The van der Waals surface area contributed by atoms with Crippen molar-refractivity contribution >= 4 is 10.0 Å². The molecule has 1 rings (SSSR count). The minimum absolute atomic E-state index is 0.106. The van der Waals surface area contributed by atoms with Gasteiger partial charge in [-0.1, -0.05) is 12.1 Å². The summed E-state index contributed by atoms with van der Waals surface area (Å²) in [4.78, 5) is 0.152. The van der Waals surface area contributed by atoms with Gasteiger partial charge in [0, 0.05) is 25.2 Å². The molecule has 6 heteroatoms. The summed E-state index contributed by atoms with van der Waals surface area (Å²) in [6.45, 7) is 8.64. The van der Waals surface area contributed by atoms with E-state index in [0.717, 1.165) is 18.7 Å². The zero-order chi connectivity index (χ0) is 14.5. The zero-order valence-electron chi connectivity index (χ0n) is 11.7. The second-order valence-corrected chi connectivity index (χ2v) is 7.11. The van der Waals surface area contributed by atoms with E-state index in [4.69, 9.17) is 5.14 Å². The van der Waals surface area contributed by atoms with Crippen LogP contribution in [0.4, 0.5) is 0 Å². The largest absolute Gasteiger partial charge is 0.311 e. The van der Waals surface area contributed by atoms with Crippen molar-refractivity contribution in [2.24, 2.45) is 5.14 Å². The maximum absolute atomic E-state index is 11.2. The Kier molecular flexibility index (Phi) is 5.49. The van der Waals surface area contributed by atoms with Crippen LogP contribution in [0.5, 0.6) is 0 Å². The lowest BCUT2D eigenvalue weighted by Crippen LogP contribution is -2.40. The molecule has 0 radical (unpaired) electrons. The predicted molar refractivity (Wildman–Crippen MR) is 77.3 cm³/mol. The van der Waals surface area contributed by atoms with E-state index in [0.29, 0.717) is 6.54 Å². The maximum atomic E-state index is 11.2. The zero-order valence-corrected chi connectivity index (χ0v) is 12.5. The molecule has 0 bridgehead atoms. The average Bonchev–Trinajstić information content (AvgIpc) is 2.26. The Balaban J connectivity index is 2.42. The van der Waals surface area contributed by atoms with Crippen molar-refractivity contribution in [3.8, 4) is 0 Å². The van der Waals surface area contributed by atoms with Crippen molar-refractivity contribution < 1.29 is 8.42 Å². The van der Waals surface area contributed by atoms with Crippen LogP contribution in [0.3, 0.4) is 0 Å². The molecule has 1 aromatic carbocycles. The summed E-state index contributed by atoms with van der Waals surface area (Å²) >= 11 is 0. The van der Waals surface area contributed by atoms with E-state index in [1.54, 1.807) is 12.1 Å². The van der Waals surface area contributed by atoms with Crippen LogP contribution >= 0.6 is 0 Å². The summed E-state index contributed by atoms with van der Waals surface area (Å²) in [5.74, 6) is 0. The van der Waals surface area contributed by atoms with Gasteiger partial charge in [-0.05, 0) is 38.5 Å². The number of nitrogens with one attached hydrogen (secondary N) is 2. The van der Waals surface area contributed by atoms with E-state index in [1.165, 1.54) is 6.07 Å². The van der Waals surface area contributed by atoms with Crippen molar-refractivity contribution in [1.82, 2.24) is 10.6 Å². The standard InChI is InChI=1S/C13H23N3O2S/c1-13(2,3)16-8-7-15-10-11-5-4-6-12(9-11)19(14,17)18/h4-6,9,15-16H,7-8,10H2,1-3H3,(H2,14,17,18). The molecule has 108 valence electrons. The van der Waals surface area contributed by atoms with Crippen molar-refractivity contribution in [1.29, 1.82) is 0 Å². The van der Waals surface area contributed by atoms with Gasteiger partial charge in [0.15, 0.2) is 0 Å². The minimum atomic E-state index is -3.62. The summed E-state index contributed by atoms with van der Waals surface area (Å²) in [7, 11) is -3.62. The molecule has 0 saturated heterocycles. The third-order valence-electron chi connectivity index (χ3n) is 2.51. The molecule has 5 nitrogen and oxygen atoms in total. The molecule has 0 aliphatic heterocycles. The first-order valence-corrected chi connectivity index (χ1v) is 7.81. The molecule has 1 aromatic rings. The smallest absolute Gasteiger partial charge is 0.238 e. The van der Waals surface area contributed by atoms with Crippen LogP contribution in [-0.2, 0) is 16.6 Å². The lowest BCUT2D eigenvalue weighted by molar-refractivity contribution is 0.421. The van der Waals surface area contributed by atoms with Crippen LogP contribution in [0.2, 0.25) is 0 Å². The SMILES string of the molecule is CC(C)(C)NCCNCc1cccc(S(N)(=O)=O)c1. The Labute approximate surface area is 115 Å². The van der Waals surface area contributed by atoms with Gasteiger partial charge < -0.3 is 10.6 Å². The van der Waals surface area contributed by atoms with Crippen molar-refractivity contribution in [2.45, 2.75) is 37.8 Å². The first-order valence-electron chi connectivity index (χ1n) is 6.26. The van der Waals surface area contributed by atoms with Crippen LogP contribution in [0.1, 0.15) is 26.3 Å². The number of benzene rings is 1. The monoisotopic (exact) mass is 285 g/mol. The fourth-order valence-electron chi connectivity index (χ4n) is 1.59. The van der Waals surface area contributed by atoms with E-state index in [-0.39, 0.29) is 10.4 Å². The molecule has 0 aliphatic carbocycles. The van der Waals surface area contributed by atoms with Crippen molar-refractivity contribution in [2.75, 3.05) is 13.1 Å². The number of sulfonamides is 1. The van der Waals surface area contributed by atoms with Gasteiger partial charge in [-0.3, -0.25) is 0 Å². The van der Waals surface area contributed by atoms with Crippen LogP contribution in [0.15, 0.2) is 29.2 Å². The molecule has 0 amide bonds. The fourth-order valence-corrected chi connectivity index (χ4v) is 2.17. The summed E-state index contributed by atoms with van der Waals surface area (Å²) < 4.78 is 22.4. The number of nitrogens with two attached hydrogens (primary N) is 1.